The molecule has 0 bridgehead atoms. The van der Waals surface area contributed by atoms with Crippen molar-refractivity contribution in [2.24, 2.45) is 0 Å². The summed E-state index contributed by atoms with van der Waals surface area (Å²) < 4.78 is 0. The monoisotopic (exact) mass is 217 g/mol. The zero-order chi connectivity index (χ0) is 10.8. The lowest BCUT2D eigenvalue weighted by Gasteiger charge is -2.00. The lowest BCUT2D eigenvalue weighted by atomic mass is 10.1. The molecule has 0 atom stereocenters. The van der Waals surface area contributed by atoms with Gasteiger partial charge in [0.2, 0.25) is 5.78 Å². The molecular formula is C12H11NOS. The minimum absolute atomic E-state index is 0.0682. The van der Waals surface area contributed by atoms with Crippen LogP contribution >= 0.6 is 11.3 Å². The van der Waals surface area contributed by atoms with Crippen molar-refractivity contribution in [2.45, 2.75) is 13.8 Å². The fourth-order valence-electron chi connectivity index (χ4n) is 1.41. The SMILES string of the molecule is Cc1ccc(C(=O)c2cccnc2C)s1. The molecule has 2 aromatic heterocycles. The number of thiophene rings is 1. The number of carbonyl (C=O) groups excluding carboxylic acids is 1. The molecule has 0 aliphatic carbocycles. The van der Waals surface area contributed by atoms with Crippen LogP contribution in [0.15, 0.2) is 30.5 Å². The van der Waals surface area contributed by atoms with Crippen molar-refractivity contribution in [1.29, 1.82) is 0 Å². The summed E-state index contributed by atoms with van der Waals surface area (Å²) in [6.07, 6.45) is 1.70. The van der Waals surface area contributed by atoms with Gasteiger partial charge in [0, 0.05) is 22.3 Å². The molecule has 0 aliphatic heterocycles. The maximum atomic E-state index is 12.1. The maximum absolute atomic E-state index is 12.1. The molecule has 0 saturated carbocycles. The van der Waals surface area contributed by atoms with Crippen LogP contribution in [0.25, 0.3) is 0 Å². The van der Waals surface area contributed by atoms with Gasteiger partial charge in [0.15, 0.2) is 0 Å². The normalized spacial score (nSPS) is 10.3. The highest BCUT2D eigenvalue weighted by Crippen LogP contribution is 2.19. The zero-order valence-corrected chi connectivity index (χ0v) is 9.47. The summed E-state index contributed by atoms with van der Waals surface area (Å²) in [5, 5.41) is 0. The van der Waals surface area contributed by atoms with Gasteiger partial charge < -0.3 is 0 Å². The van der Waals surface area contributed by atoms with E-state index < -0.39 is 0 Å². The number of nitrogens with zero attached hydrogens (tertiary/aromatic N) is 1. The number of aromatic nitrogens is 1. The van der Waals surface area contributed by atoms with Gasteiger partial charge in [0.1, 0.15) is 0 Å². The first-order chi connectivity index (χ1) is 7.18. The molecule has 0 saturated heterocycles. The van der Waals surface area contributed by atoms with Gasteiger partial charge in [-0.25, -0.2) is 0 Å². The van der Waals surface area contributed by atoms with Gasteiger partial charge in [0.25, 0.3) is 0 Å². The Morgan fingerprint density at radius 3 is 2.67 bits per heavy atom. The van der Waals surface area contributed by atoms with E-state index in [9.17, 15) is 4.79 Å². The Kier molecular flexibility index (Phi) is 2.64. The second kappa shape index (κ2) is 3.95. The number of aryl methyl sites for hydroxylation is 2. The van der Waals surface area contributed by atoms with Gasteiger partial charge in [0.05, 0.1) is 4.88 Å². The lowest BCUT2D eigenvalue weighted by Crippen LogP contribution is -2.02. The van der Waals surface area contributed by atoms with Gasteiger partial charge in [-0.15, -0.1) is 11.3 Å². The fraction of sp³-hybridized carbons (Fsp3) is 0.167. The molecular weight excluding hydrogens is 206 g/mol. The standard InChI is InChI=1S/C12H11NOS/c1-8-5-6-11(15-8)12(14)10-4-3-7-13-9(10)2/h3-7H,1-2H3. The van der Waals surface area contributed by atoms with E-state index in [1.54, 1.807) is 12.3 Å². The minimum Gasteiger partial charge on any atom is -0.288 e. The van der Waals surface area contributed by atoms with Crippen molar-refractivity contribution in [2.75, 3.05) is 0 Å². The highest BCUT2D eigenvalue weighted by Gasteiger charge is 2.13. The van der Waals surface area contributed by atoms with Crippen molar-refractivity contribution in [3.8, 4) is 0 Å². The van der Waals surface area contributed by atoms with Gasteiger partial charge in [-0.3, -0.25) is 9.78 Å². The quantitative estimate of drug-likeness (QED) is 0.724. The van der Waals surface area contributed by atoms with Crippen molar-refractivity contribution in [1.82, 2.24) is 4.98 Å². The van der Waals surface area contributed by atoms with Gasteiger partial charge >= 0.3 is 0 Å². The molecule has 76 valence electrons. The smallest absolute Gasteiger partial charge is 0.204 e. The van der Waals surface area contributed by atoms with E-state index in [4.69, 9.17) is 0 Å². The number of rotatable bonds is 2. The average molecular weight is 217 g/mol. The molecule has 2 nitrogen and oxygen atoms in total. The van der Waals surface area contributed by atoms with Crippen LogP contribution in [0, 0.1) is 13.8 Å². The summed E-state index contributed by atoms with van der Waals surface area (Å²) in [5.74, 6) is 0.0682. The second-order valence-electron chi connectivity index (χ2n) is 3.38. The molecule has 0 spiro atoms. The first-order valence-corrected chi connectivity index (χ1v) is 5.53. The third-order valence-electron chi connectivity index (χ3n) is 2.22. The van der Waals surface area contributed by atoms with E-state index in [2.05, 4.69) is 4.98 Å². The van der Waals surface area contributed by atoms with Crippen LogP contribution in [0.5, 0.6) is 0 Å². The number of pyridine rings is 1. The first-order valence-electron chi connectivity index (χ1n) is 4.71. The highest BCUT2D eigenvalue weighted by molar-refractivity contribution is 7.14. The third kappa shape index (κ3) is 1.97. The summed E-state index contributed by atoms with van der Waals surface area (Å²) >= 11 is 1.52. The summed E-state index contributed by atoms with van der Waals surface area (Å²) in [7, 11) is 0. The van der Waals surface area contributed by atoms with Crippen LogP contribution in [-0.4, -0.2) is 10.8 Å². The van der Waals surface area contributed by atoms with Gasteiger partial charge in [-0.2, -0.15) is 0 Å². The molecule has 0 aliphatic rings. The Hall–Kier alpha value is -1.48. The molecule has 0 aromatic carbocycles. The number of hydrogen-bond acceptors (Lipinski definition) is 3. The van der Waals surface area contributed by atoms with Crippen molar-refractivity contribution in [3.63, 3.8) is 0 Å². The van der Waals surface area contributed by atoms with Crippen LogP contribution in [0.4, 0.5) is 0 Å². The van der Waals surface area contributed by atoms with Crippen LogP contribution < -0.4 is 0 Å². The van der Waals surface area contributed by atoms with Crippen molar-refractivity contribution < 1.29 is 4.79 Å². The summed E-state index contributed by atoms with van der Waals surface area (Å²) in [5.41, 5.74) is 1.48. The molecule has 3 heteroatoms. The second-order valence-corrected chi connectivity index (χ2v) is 4.66. The van der Waals surface area contributed by atoms with Crippen LogP contribution in [0.3, 0.4) is 0 Å². The number of hydrogen-bond donors (Lipinski definition) is 0. The van der Waals surface area contributed by atoms with Crippen molar-refractivity contribution >= 4 is 17.1 Å². The molecule has 0 radical (unpaired) electrons. The Morgan fingerprint density at radius 2 is 2.07 bits per heavy atom. The van der Waals surface area contributed by atoms with E-state index >= 15 is 0 Å². The van der Waals surface area contributed by atoms with Gasteiger partial charge in [-0.1, -0.05) is 0 Å². The van der Waals surface area contributed by atoms with E-state index in [0.29, 0.717) is 5.56 Å². The van der Waals surface area contributed by atoms with Crippen LogP contribution in [0.2, 0.25) is 0 Å². The molecule has 2 rings (SSSR count). The highest BCUT2D eigenvalue weighted by atomic mass is 32.1. The summed E-state index contributed by atoms with van der Waals surface area (Å²) in [6, 6.07) is 7.44. The molecule has 15 heavy (non-hydrogen) atoms. The molecule has 0 unspecified atom stereocenters. The largest absolute Gasteiger partial charge is 0.288 e. The zero-order valence-electron chi connectivity index (χ0n) is 8.65. The predicted molar refractivity (Wildman–Crippen MR) is 61.5 cm³/mol. The minimum atomic E-state index is 0.0682. The number of ketones is 1. The average Bonchev–Trinajstić information content (AvgIpc) is 2.65. The topological polar surface area (TPSA) is 30.0 Å². The molecule has 2 heterocycles. The van der Waals surface area contributed by atoms with Crippen molar-refractivity contribution in [3.05, 3.63) is 51.5 Å². The molecule has 2 aromatic rings. The Balaban J connectivity index is 2.41. The van der Waals surface area contributed by atoms with E-state index in [1.807, 2.05) is 32.0 Å². The Labute approximate surface area is 92.6 Å². The third-order valence-corrected chi connectivity index (χ3v) is 3.22. The summed E-state index contributed by atoms with van der Waals surface area (Å²) in [6.45, 7) is 3.85. The maximum Gasteiger partial charge on any atom is 0.204 e. The Bertz CT molecular complexity index is 502. The lowest BCUT2D eigenvalue weighted by molar-refractivity contribution is 0.104. The molecule has 0 fully saturated rings. The first kappa shape index (κ1) is 10.1. The van der Waals surface area contributed by atoms with Crippen LogP contribution in [-0.2, 0) is 0 Å². The van der Waals surface area contributed by atoms with Gasteiger partial charge in [-0.05, 0) is 38.1 Å². The predicted octanol–water partition coefficient (Wildman–Crippen LogP) is 2.99. The number of carbonyl (C=O) groups is 1. The molecule has 0 N–H and O–H groups in total. The fourth-order valence-corrected chi connectivity index (χ4v) is 2.24. The summed E-state index contributed by atoms with van der Waals surface area (Å²) in [4.78, 5) is 18.1. The van der Waals surface area contributed by atoms with Crippen LogP contribution in [0.1, 0.15) is 25.8 Å². The Morgan fingerprint density at radius 1 is 1.27 bits per heavy atom. The molecule has 0 amide bonds. The van der Waals surface area contributed by atoms with E-state index in [1.165, 1.54) is 11.3 Å². The van der Waals surface area contributed by atoms with E-state index in [-0.39, 0.29) is 5.78 Å². The van der Waals surface area contributed by atoms with E-state index in [0.717, 1.165) is 15.4 Å².